The number of carboxylic acid groups (broad SMARTS) is 1. The maximum atomic E-state index is 13.2. The first kappa shape index (κ1) is 19.6. The number of carboxylic acids is 1. The lowest BCUT2D eigenvalue weighted by Gasteiger charge is -2.39. The molecule has 0 bridgehead atoms. The highest BCUT2D eigenvalue weighted by molar-refractivity contribution is 9.10. The molecule has 0 spiro atoms. The largest absolute Gasteiger partial charge is 0.481 e. The van der Waals surface area contributed by atoms with E-state index in [9.17, 15) is 19.1 Å². The highest BCUT2D eigenvalue weighted by Crippen LogP contribution is 2.37. The Labute approximate surface area is 154 Å². The molecule has 6 nitrogen and oxygen atoms in total. The molecule has 0 saturated carbocycles. The second-order valence-corrected chi connectivity index (χ2v) is 8.17. The molecule has 8 heteroatoms. The number of aliphatic carboxylic acids is 1. The summed E-state index contributed by atoms with van der Waals surface area (Å²) in [6.45, 7) is 5.94. The van der Waals surface area contributed by atoms with E-state index < -0.39 is 28.9 Å². The normalized spacial score (nSPS) is 17.2. The standard InChI is InChI=1S/C17H22BrFN2O4/c1-16(2,3)25-15(24)21-6-4-17(5-7-21,14(22)23)9-13-12(18)8-11(19)10-20-13/h8,10H,4-7,9H2,1-3H3,(H,22,23). The van der Waals surface area contributed by atoms with Gasteiger partial charge in [-0.15, -0.1) is 0 Å². The fourth-order valence-electron chi connectivity index (χ4n) is 2.80. The third-order valence-corrected chi connectivity index (χ3v) is 4.90. The quantitative estimate of drug-likeness (QED) is 0.813. The molecule has 1 fully saturated rings. The number of nitrogens with zero attached hydrogens (tertiary/aromatic N) is 2. The molecule has 1 saturated heterocycles. The molecular formula is C17H22BrFN2O4. The molecule has 1 aromatic rings. The summed E-state index contributed by atoms with van der Waals surface area (Å²) >= 11 is 3.24. The van der Waals surface area contributed by atoms with Crippen LogP contribution in [0.2, 0.25) is 0 Å². The van der Waals surface area contributed by atoms with Crippen LogP contribution in [0.25, 0.3) is 0 Å². The average molecular weight is 417 g/mol. The van der Waals surface area contributed by atoms with Crippen molar-refractivity contribution in [3.8, 4) is 0 Å². The zero-order chi connectivity index (χ0) is 18.8. The number of amides is 1. The molecule has 1 aliphatic heterocycles. The molecule has 2 heterocycles. The van der Waals surface area contributed by atoms with Crippen LogP contribution in [-0.2, 0) is 16.0 Å². The average Bonchev–Trinajstić information content (AvgIpc) is 2.49. The molecule has 25 heavy (non-hydrogen) atoms. The summed E-state index contributed by atoms with van der Waals surface area (Å²) in [5, 5.41) is 9.76. The van der Waals surface area contributed by atoms with Crippen molar-refractivity contribution >= 4 is 28.0 Å². The molecule has 0 atom stereocenters. The third-order valence-electron chi connectivity index (χ3n) is 4.22. The monoisotopic (exact) mass is 416 g/mol. The Bertz CT molecular complexity index is 667. The Balaban J connectivity index is 2.10. The van der Waals surface area contributed by atoms with Gasteiger partial charge in [-0.1, -0.05) is 0 Å². The Kier molecular flexibility index (Phi) is 5.71. The van der Waals surface area contributed by atoms with E-state index in [4.69, 9.17) is 4.74 Å². The SMILES string of the molecule is CC(C)(C)OC(=O)N1CCC(Cc2ncc(F)cc2Br)(C(=O)O)CC1. The number of carbonyl (C=O) groups excluding carboxylic acids is 1. The number of aromatic nitrogens is 1. The number of rotatable bonds is 3. The highest BCUT2D eigenvalue weighted by atomic mass is 79.9. The van der Waals surface area contributed by atoms with E-state index in [0.717, 1.165) is 6.20 Å². The first-order chi connectivity index (χ1) is 11.5. The number of pyridine rings is 1. The number of likely N-dealkylation sites (tertiary alicyclic amines) is 1. The van der Waals surface area contributed by atoms with Gasteiger partial charge in [-0.05, 0) is 55.6 Å². The predicted molar refractivity (Wildman–Crippen MR) is 92.7 cm³/mol. The minimum atomic E-state index is -1.04. The fourth-order valence-corrected chi connectivity index (χ4v) is 3.26. The number of hydrogen-bond donors (Lipinski definition) is 1. The van der Waals surface area contributed by atoms with E-state index in [-0.39, 0.29) is 19.3 Å². The number of halogens is 2. The van der Waals surface area contributed by atoms with Crippen molar-refractivity contribution in [1.29, 1.82) is 0 Å². The van der Waals surface area contributed by atoms with Gasteiger partial charge in [-0.2, -0.15) is 0 Å². The van der Waals surface area contributed by atoms with Gasteiger partial charge in [0.05, 0.1) is 17.3 Å². The maximum Gasteiger partial charge on any atom is 0.410 e. The summed E-state index contributed by atoms with van der Waals surface area (Å²) in [4.78, 5) is 29.6. The van der Waals surface area contributed by atoms with Crippen LogP contribution >= 0.6 is 15.9 Å². The van der Waals surface area contributed by atoms with Gasteiger partial charge < -0.3 is 14.7 Å². The summed E-state index contributed by atoms with van der Waals surface area (Å²) in [6, 6.07) is 1.27. The van der Waals surface area contributed by atoms with Crippen LogP contribution in [0.15, 0.2) is 16.7 Å². The second kappa shape index (κ2) is 7.27. The zero-order valence-electron chi connectivity index (χ0n) is 14.5. The molecule has 0 unspecified atom stereocenters. The zero-order valence-corrected chi connectivity index (χ0v) is 16.1. The lowest BCUT2D eigenvalue weighted by atomic mass is 9.75. The van der Waals surface area contributed by atoms with Crippen LogP contribution in [-0.4, -0.2) is 45.7 Å². The lowest BCUT2D eigenvalue weighted by molar-refractivity contribution is -0.152. The Morgan fingerprint density at radius 3 is 2.48 bits per heavy atom. The van der Waals surface area contributed by atoms with Crippen LogP contribution in [0.4, 0.5) is 9.18 Å². The van der Waals surface area contributed by atoms with Crippen molar-refractivity contribution in [1.82, 2.24) is 9.88 Å². The van der Waals surface area contributed by atoms with Crippen molar-refractivity contribution < 1.29 is 23.8 Å². The summed E-state index contributed by atoms with van der Waals surface area (Å²) in [6.07, 6.45) is 1.38. The van der Waals surface area contributed by atoms with Gasteiger partial charge in [-0.25, -0.2) is 9.18 Å². The maximum absolute atomic E-state index is 13.2. The van der Waals surface area contributed by atoms with Gasteiger partial charge in [0, 0.05) is 24.0 Å². The number of carbonyl (C=O) groups is 2. The third kappa shape index (κ3) is 4.90. The summed E-state index contributed by atoms with van der Waals surface area (Å²) in [5.74, 6) is -1.42. The Morgan fingerprint density at radius 1 is 1.40 bits per heavy atom. The minimum absolute atomic E-state index is 0.172. The van der Waals surface area contributed by atoms with Crippen LogP contribution in [0.1, 0.15) is 39.3 Å². The van der Waals surface area contributed by atoms with Gasteiger partial charge in [-0.3, -0.25) is 9.78 Å². The van der Waals surface area contributed by atoms with Crippen molar-refractivity contribution in [3.05, 3.63) is 28.2 Å². The summed E-state index contributed by atoms with van der Waals surface area (Å²) < 4.78 is 19.0. The molecule has 0 aliphatic carbocycles. The van der Waals surface area contributed by atoms with E-state index in [1.54, 1.807) is 20.8 Å². The summed E-state index contributed by atoms with van der Waals surface area (Å²) in [7, 11) is 0. The van der Waals surface area contributed by atoms with Gasteiger partial charge in [0.25, 0.3) is 0 Å². The van der Waals surface area contributed by atoms with Crippen LogP contribution < -0.4 is 0 Å². The van der Waals surface area contributed by atoms with Gasteiger partial charge in [0.1, 0.15) is 11.4 Å². The predicted octanol–water partition coefficient (Wildman–Crippen LogP) is 3.63. The molecule has 1 amide bonds. The fraction of sp³-hybridized carbons (Fsp3) is 0.588. The van der Waals surface area contributed by atoms with E-state index >= 15 is 0 Å². The Morgan fingerprint density at radius 2 is 2.00 bits per heavy atom. The van der Waals surface area contributed by atoms with E-state index in [2.05, 4.69) is 20.9 Å². The van der Waals surface area contributed by atoms with Crippen molar-refractivity contribution in [2.45, 2.75) is 45.6 Å². The molecule has 1 N–H and O–H groups in total. The molecule has 1 aliphatic rings. The van der Waals surface area contributed by atoms with Crippen molar-refractivity contribution in [2.75, 3.05) is 13.1 Å². The lowest BCUT2D eigenvalue weighted by Crippen LogP contribution is -2.48. The summed E-state index contributed by atoms with van der Waals surface area (Å²) in [5.41, 5.74) is -1.14. The topological polar surface area (TPSA) is 79.7 Å². The number of hydrogen-bond acceptors (Lipinski definition) is 4. The van der Waals surface area contributed by atoms with Gasteiger partial charge in [0.2, 0.25) is 0 Å². The van der Waals surface area contributed by atoms with E-state index in [1.807, 2.05) is 0 Å². The number of piperidine rings is 1. The van der Waals surface area contributed by atoms with E-state index in [1.165, 1.54) is 11.0 Å². The second-order valence-electron chi connectivity index (χ2n) is 7.31. The number of ether oxygens (including phenoxy) is 1. The first-order valence-corrected chi connectivity index (χ1v) is 8.83. The first-order valence-electron chi connectivity index (χ1n) is 8.04. The van der Waals surface area contributed by atoms with Crippen LogP contribution in [0.3, 0.4) is 0 Å². The molecule has 0 aromatic carbocycles. The molecule has 0 radical (unpaired) electrons. The van der Waals surface area contributed by atoms with Crippen molar-refractivity contribution in [3.63, 3.8) is 0 Å². The molecule has 138 valence electrons. The van der Waals surface area contributed by atoms with Crippen LogP contribution in [0.5, 0.6) is 0 Å². The van der Waals surface area contributed by atoms with Crippen LogP contribution in [0, 0.1) is 11.2 Å². The molecule has 1 aromatic heterocycles. The minimum Gasteiger partial charge on any atom is -0.481 e. The molecule has 2 rings (SSSR count). The van der Waals surface area contributed by atoms with E-state index in [0.29, 0.717) is 23.3 Å². The smallest absolute Gasteiger partial charge is 0.410 e. The van der Waals surface area contributed by atoms with Gasteiger partial charge >= 0.3 is 12.1 Å². The molecular weight excluding hydrogens is 395 g/mol. The highest BCUT2D eigenvalue weighted by Gasteiger charge is 2.43. The van der Waals surface area contributed by atoms with Crippen molar-refractivity contribution in [2.24, 2.45) is 5.41 Å². The van der Waals surface area contributed by atoms with Gasteiger partial charge in [0.15, 0.2) is 0 Å². The Hall–Kier alpha value is -1.70.